The first-order valence-electron chi connectivity index (χ1n) is 5.55. The van der Waals surface area contributed by atoms with Crippen molar-refractivity contribution in [1.29, 1.82) is 0 Å². The summed E-state index contributed by atoms with van der Waals surface area (Å²) in [6.07, 6.45) is 3.57. The molecule has 0 radical (unpaired) electrons. The number of hydrogen-bond donors (Lipinski definition) is 2. The number of rotatable bonds is 3. The summed E-state index contributed by atoms with van der Waals surface area (Å²) in [4.78, 5) is 25.9. The summed E-state index contributed by atoms with van der Waals surface area (Å²) in [5.41, 5.74) is 1.63. The lowest BCUT2D eigenvalue weighted by molar-refractivity contribution is 0.0696. The van der Waals surface area contributed by atoms with Crippen LogP contribution in [0.2, 0.25) is 0 Å². The van der Waals surface area contributed by atoms with Gasteiger partial charge in [-0.2, -0.15) is 0 Å². The van der Waals surface area contributed by atoms with Gasteiger partial charge in [-0.05, 0) is 31.0 Å². The predicted molar refractivity (Wildman–Crippen MR) is 62.3 cm³/mol. The van der Waals surface area contributed by atoms with Crippen molar-refractivity contribution in [3.8, 4) is 0 Å². The topological polar surface area (TPSA) is 70.2 Å². The summed E-state index contributed by atoms with van der Waals surface area (Å²) in [5.74, 6) is -0.709. The lowest BCUT2D eigenvalue weighted by Crippen LogP contribution is -2.00. The van der Waals surface area contributed by atoms with E-state index in [1.807, 2.05) is 0 Å². The number of carboxylic acid groups (broad SMARTS) is 1. The van der Waals surface area contributed by atoms with Crippen LogP contribution in [-0.2, 0) is 0 Å². The van der Waals surface area contributed by atoms with E-state index >= 15 is 0 Å². The van der Waals surface area contributed by atoms with Gasteiger partial charge in [0.25, 0.3) is 0 Å². The van der Waals surface area contributed by atoms with E-state index < -0.39 is 5.97 Å². The second-order valence-corrected chi connectivity index (χ2v) is 4.41. The highest BCUT2D eigenvalue weighted by Gasteiger charge is 2.31. The molecule has 1 heterocycles. The molecule has 0 aliphatic heterocycles. The average molecular weight is 229 g/mol. The first kappa shape index (κ1) is 10.1. The van der Waals surface area contributed by atoms with E-state index in [-0.39, 0.29) is 17.3 Å². The first-order chi connectivity index (χ1) is 8.16. The van der Waals surface area contributed by atoms with Gasteiger partial charge in [0, 0.05) is 28.6 Å². The Labute approximate surface area is 97.3 Å². The van der Waals surface area contributed by atoms with Crippen molar-refractivity contribution in [3.05, 3.63) is 35.5 Å². The van der Waals surface area contributed by atoms with Gasteiger partial charge in [0.05, 0.1) is 5.56 Å². The zero-order valence-electron chi connectivity index (χ0n) is 9.06. The van der Waals surface area contributed by atoms with Crippen molar-refractivity contribution in [3.63, 3.8) is 0 Å². The molecule has 86 valence electrons. The van der Waals surface area contributed by atoms with E-state index in [2.05, 4.69) is 4.98 Å². The van der Waals surface area contributed by atoms with Crippen molar-refractivity contribution in [1.82, 2.24) is 4.98 Å². The van der Waals surface area contributed by atoms with Gasteiger partial charge in [-0.15, -0.1) is 0 Å². The molecule has 1 aliphatic rings. The Balaban J connectivity index is 2.15. The number of ketones is 1. The Morgan fingerprint density at radius 3 is 2.71 bits per heavy atom. The number of fused-ring (bicyclic) bond motifs is 1. The molecule has 0 amide bonds. The number of H-pyrrole nitrogens is 1. The zero-order chi connectivity index (χ0) is 12.0. The molecule has 1 aromatic carbocycles. The normalized spacial score (nSPS) is 15.1. The number of aromatic nitrogens is 1. The number of carboxylic acids is 1. The average Bonchev–Trinajstić information content (AvgIpc) is 3.07. The molecule has 0 saturated heterocycles. The van der Waals surface area contributed by atoms with Gasteiger partial charge in [-0.3, -0.25) is 4.79 Å². The molecule has 4 nitrogen and oxygen atoms in total. The third kappa shape index (κ3) is 1.62. The summed E-state index contributed by atoms with van der Waals surface area (Å²) in [6, 6.07) is 4.79. The molecule has 17 heavy (non-hydrogen) atoms. The third-order valence-electron chi connectivity index (χ3n) is 3.14. The number of aromatic amines is 1. The second kappa shape index (κ2) is 3.45. The lowest BCUT2D eigenvalue weighted by Gasteiger charge is -1.98. The zero-order valence-corrected chi connectivity index (χ0v) is 9.06. The number of aromatic carboxylic acids is 1. The maximum atomic E-state index is 12.0. The largest absolute Gasteiger partial charge is 0.478 e. The van der Waals surface area contributed by atoms with E-state index in [9.17, 15) is 9.59 Å². The smallest absolute Gasteiger partial charge is 0.335 e. The summed E-state index contributed by atoms with van der Waals surface area (Å²) in [5, 5.41) is 9.65. The number of Topliss-reactive ketones (excluding diaryl/α,β-unsaturated/α-hetero) is 1. The Morgan fingerprint density at radius 2 is 2.06 bits per heavy atom. The Hall–Kier alpha value is -2.10. The fourth-order valence-electron chi connectivity index (χ4n) is 2.02. The molecule has 2 aromatic rings. The lowest BCUT2D eigenvalue weighted by atomic mass is 10.0. The Morgan fingerprint density at radius 1 is 1.29 bits per heavy atom. The van der Waals surface area contributed by atoms with E-state index in [1.165, 1.54) is 6.07 Å². The van der Waals surface area contributed by atoms with Crippen LogP contribution in [0, 0.1) is 5.92 Å². The van der Waals surface area contributed by atoms with Crippen molar-refractivity contribution < 1.29 is 14.7 Å². The monoisotopic (exact) mass is 229 g/mol. The summed E-state index contributed by atoms with van der Waals surface area (Å²) < 4.78 is 0. The van der Waals surface area contributed by atoms with E-state index in [0.717, 1.165) is 18.4 Å². The van der Waals surface area contributed by atoms with Crippen molar-refractivity contribution in [2.45, 2.75) is 12.8 Å². The van der Waals surface area contributed by atoms with Crippen LogP contribution in [0.15, 0.2) is 24.4 Å². The van der Waals surface area contributed by atoms with Crippen molar-refractivity contribution in [2.24, 2.45) is 5.92 Å². The number of hydrogen-bond acceptors (Lipinski definition) is 2. The highest BCUT2D eigenvalue weighted by Crippen LogP contribution is 2.34. The van der Waals surface area contributed by atoms with E-state index in [1.54, 1.807) is 18.3 Å². The van der Waals surface area contributed by atoms with Gasteiger partial charge in [-0.1, -0.05) is 0 Å². The SMILES string of the molecule is O=C(O)c1ccc2[nH]cc(C(=O)C3CC3)c2c1. The molecule has 0 atom stereocenters. The molecule has 2 N–H and O–H groups in total. The fourth-order valence-corrected chi connectivity index (χ4v) is 2.02. The highest BCUT2D eigenvalue weighted by molar-refractivity contribution is 6.10. The minimum absolute atomic E-state index is 0.124. The molecule has 0 unspecified atom stereocenters. The van der Waals surface area contributed by atoms with Crippen LogP contribution in [0.1, 0.15) is 33.6 Å². The van der Waals surface area contributed by atoms with Crippen molar-refractivity contribution in [2.75, 3.05) is 0 Å². The van der Waals surface area contributed by atoms with Gasteiger partial charge in [0.1, 0.15) is 0 Å². The molecule has 1 fully saturated rings. The van der Waals surface area contributed by atoms with Gasteiger partial charge in [0.15, 0.2) is 5.78 Å². The van der Waals surface area contributed by atoms with E-state index in [4.69, 9.17) is 5.11 Å². The van der Waals surface area contributed by atoms with Crippen molar-refractivity contribution >= 4 is 22.7 Å². The van der Waals surface area contributed by atoms with Crippen LogP contribution in [-0.4, -0.2) is 21.8 Å². The number of carbonyl (C=O) groups excluding carboxylic acids is 1. The van der Waals surface area contributed by atoms with Gasteiger partial charge in [0.2, 0.25) is 0 Å². The molecule has 0 spiro atoms. The molecule has 1 aliphatic carbocycles. The fraction of sp³-hybridized carbons (Fsp3) is 0.231. The van der Waals surface area contributed by atoms with Crippen LogP contribution in [0.4, 0.5) is 0 Å². The van der Waals surface area contributed by atoms with Crippen LogP contribution < -0.4 is 0 Å². The Bertz CT molecular complexity index is 623. The van der Waals surface area contributed by atoms with E-state index in [0.29, 0.717) is 10.9 Å². The summed E-state index contributed by atoms with van der Waals surface area (Å²) >= 11 is 0. The number of benzene rings is 1. The molecule has 4 heteroatoms. The van der Waals surface area contributed by atoms with Gasteiger partial charge >= 0.3 is 5.97 Å². The quantitative estimate of drug-likeness (QED) is 0.794. The number of nitrogens with one attached hydrogen (secondary N) is 1. The third-order valence-corrected chi connectivity index (χ3v) is 3.14. The minimum atomic E-state index is -0.974. The molecule has 3 rings (SSSR count). The van der Waals surface area contributed by atoms with Crippen LogP contribution in [0.3, 0.4) is 0 Å². The predicted octanol–water partition coefficient (Wildman–Crippen LogP) is 2.46. The molecule has 1 saturated carbocycles. The Kier molecular flexibility index (Phi) is 2.04. The first-order valence-corrected chi connectivity index (χ1v) is 5.55. The van der Waals surface area contributed by atoms with Gasteiger partial charge < -0.3 is 10.1 Å². The molecular formula is C13H11NO3. The summed E-state index contributed by atoms with van der Waals surface area (Å²) in [6.45, 7) is 0. The second-order valence-electron chi connectivity index (χ2n) is 4.41. The highest BCUT2D eigenvalue weighted by atomic mass is 16.4. The van der Waals surface area contributed by atoms with Crippen LogP contribution in [0.25, 0.3) is 10.9 Å². The molecular weight excluding hydrogens is 218 g/mol. The van der Waals surface area contributed by atoms with Crippen LogP contribution in [0.5, 0.6) is 0 Å². The minimum Gasteiger partial charge on any atom is -0.478 e. The maximum Gasteiger partial charge on any atom is 0.335 e. The summed E-state index contributed by atoms with van der Waals surface area (Å²) in [7, 11) is 0. The van der Waals surface area contributed by atoms with Gasteiger partial charge in [-0.25, -0.2) is 4.79 Å². The van der Waals surface area contributed by atoms with Crippen LogP contribution >= 0.6 is 0 Å². The standard InChI is InChI=1S/C13H11NO3/c15-12(7-1-2-7)10-6-14-11-4-3-8(13(16)17)5-9(10)11/h3-7,14H,1-2H2,(H,16,17). The number of carbonyl (C=O) groups is 2. The molecule has 0 bridgehead atoms. The maximum absolute atomic E-state index is 12.0. The molecule has 1 aromatic heterocycles.